The first-order chi connectivity index (χ1) is 8.69. The van der Waals surface area contributed by atoms with Crippen LogP contribution in [0.15, 0.2) is 40.4 Å². The lowest BCUT2D eigenvalue weighted by Crippen LogP contribution is -2.00. The summed E-state index contributed by atoms with van der Waals surface area (Å²) in [4.78, 5) is 11.4. The fourth-order valence-corrected chi connectivity index (χ4v) is 2.65. The van der Waals surface area contributed by atoms with Crippen molar-refractivity contribution in [2.45, 2.75) is 32.1 Å². The maximum atomic E-state index is 11.4. The first-order valence-electron chi connectivity index (χ1n) is 6.30. The van der Waals surface area contributed by atoms with Crippen LogP contribution in [0.1, 0.15) is 37.7 Å². The minimum atomic E-state index is -0.205. The summed E-state index contributed by atoms with van der Waals surface area (Å²) in [5.74, 6) is 0.336. The summed E-state index contributed by atoms with van der Waals surface area (Å²) < 4.78 is 6.04. The first-order valence-corrected chi connectivity index (χ1v) is 7.10. The van der Waals surface area contributed by atoms with Crippen LogP contribution in [0.5, 0.6) is 0 Å². The van der Waals surface area contributed by atoms with E-state index in [1.807, 2.05) is 6.92 Å². The highest BCUT2D eigenvalue weighted by Crippen LogP contribution is 2.38. The van der Waals surface area contributed by atoms with Crippen molar-refractivity contribution in [2.24, 2.45) is 0 Å². The first kappa shape index (κ1) is 13.3. The van der Waals surface area contributed by atoms with Gasteiger partial charge in [0.2, 0.25) is 0 Å². The van der Waals surface area contributed by atoms with Gasteiger partial charge in [-0.15, -0.1) is 0 Å². The van der Waals surface area contributed by atoms with Crippen molar-refractivity contribution in [3.63, 3.8) is 0 Å². The van der Waals surface area contributed by atoms with E-state index in [-0.39, 0.29) is 5.97 Å². The number of halogens is 1. The predicted octanol–water partition coefficient (Wildman–Crippen LogP) is 4.21. The van der Waals surface area contributed by atoms with Crippen molar-refractivity contribution >= 4 is 21.9 Å². The van der Waals surface area contributed by atoms with Gasteiger partial charge in [-0.1, -0.05) is 33.6 Å². The molecule has 1 aromatic carbocycles. The van der Waals surface area contributed by atoms with Crippen molar-refractivity contribution < 1.29 is 9.53 Å². The Hall–Kier alpha value is -1.09. The van der Waals surface area contributed by atoms with Gasteiger partial charge in [0.05, 0.1) is 6.61 Å². The van der Waals surface area contributed by atoms with E-state index < -0.39 is 0 Å². The van der Waals surface area contributed by atoms with E-state index in [0.29, 0.717) is 12.5 Å². The summed E-state index contributed by atoms with van der Waals surface area (Å²) in [6.45, 7) is 2.27. The van der Waals surface area contributed by atoms with Gasteiger partial charge in [0.25, 0.3) is 0 Å². The fourth-order valence-electron chi connectivity index (χ4n) is 2.38. The van der Waals surface area contributed by atoms with E-state index in [2.05, 4.69) is 40.2 Å². The second-order valence-electron chi connectivity index (χ2n) is 4.55. The molecule has 0 bridgehead atoms. The minimum absolute atomic E-state index is 0.205. The quantitative estimate of drug-likeness (QED) is 0.618. The molecule has 0 radical (unpaired) electrons. The summed E-state index contributed by atoms with van der Waals surface area (Å²) in [7, 11) is 0. The number of hydrogen-bond donors (Lipinski definition) is 0. The van der Waals surface area contributed by atoms with E-state index in [1.54, 1.807) is 6.08 Å². The molecule has 2 nitrogen and oxygen atoms in total. The number of ether oxygens (including phenoxy) is 1. The molecule has 0 unspecified atom stereocenters. The maximum Gasteiger partial charge on any atom is 0.330 e. The molecular weight excluding hydrogens is 292 g/mol. The number of carbonyl (C=O) groups excluding carboxylic acids is 1. The Labute approximate surface area is 116 Å². The smallest absolute Gasteiger partial charge is 0.330 e. The van der Waals surface area contributed by atoms with E-state index in [0.717, 1.165) is 23.7 Å². The molecular formula is C15H17BrO2. The molecule has 1 aliphatic rings. The van der Waals surface area contributed by atoms with Gasteiger partial charge in [0.1, 0.15) is 0 Å². The third-order valence-corrected chi connectivity index (χ3v) is 3.80. The molecule has 1 aliphatic carbocycles. The number of carbonyl (C=O) groups is 1. The Morgan fingerprint density at radius 1 is 1.44 bits per heavy atom. The van der Waals surface area contributed by atoms with Gasteiger partial charge in [-0.2, -0.15) is 0 Å². The molecule has 18 heavy (non-hydrogen) atoms. The number of rotatable bonds is 3. The highest BCUT2D eigenvalue weighted by molar-refractivity contribution is 9.10. The van der Waals surface area contributed by atoms with Crippen molar-refractivity contribution in [3.05, 3.63) is 46.0 Å². The summed E-state index contributed by atoms with van der Waals surface area (Å²) >= 11 is 3.44. The van der Waals surface area contributed by atoms with Gasteiger partial charge in [-0.25, -0.2) is 4.79 Å². The summed E-state index contributed by atoms with van der Waals surface area (Å²) in [6.07, 6.45) is 4.76. The van der Waals surface area contributed by atoms with Crippen molar-refractivity contribution in [3.8, 4) is 0 Å². The Kier molecular flexibility index (Phi) is 4.59. The van der Waals surface area contributed by atoms with E-state index in [9.17, 15) is 4.79 Å². The predicted molar refractivity (Wildman–Crippen MR) is 75.5 cm³/mol. The molecule has 0 saturated heterocycles. The highest BCUT2D eigenvalue weighted by atomic mass is 79.9. The molecule has 2 rings (SSSR count). The number of allylic oxidation sites excluding steroid dienone is 1. The van der Waals surface area contributed by atoms with Crippen LogP contribution < -0.4 is 0 Å². The average molecular weight is 309 g/mol. The average Bonchev–Trinajstić information content (AvgIpc) is 2.78. The Morgan fingerprint density at radius 2 is 2.17 bits per heavy atom. The SMILES string of the molecule is CCOC(=O)/C=C1\CC[C@H](c2ccc(Br)cc2)C1. The zero-order chi connectivity index (χ0) is 13.0. The number of esters is 1. The van der Waals surface area contributed by atoms with Gasteiger partial charge in [-0.05, 0) is 49.8 Å². The van der Waals surface area contributed by atoms with Crippen LogP contribution in [-0.4, -0.2) is 12.6 Å². The Balaban J connectivity index is 2.00. The van der Waals surface area contributed by atoms with E-state index >= 15 is 0 Å². The second kappa shape index (κ2) is 6.19. The van der Waals surface area contributed by atoms with Crippen LogP contribution >= 0.6 is 15.9 Å². The van der Waals surface area contributed by atoms with Gasteiger partial charge in [0.15, 0.2) is 0 Å². The van der Waals surface area contributed by atoms with Crippen LogP contribution in [-0.2, 0) is 9.53 Å². The molecule has 0 spiro atoms. The second-order valence-corrected chi connectivity index (χ2v) is 5.46. The molecule has 3 heteroatoms. The summed E-state index contributed by atoms with van der Waals surface area (Å²) in [6, 6.07) is 8.45. The lowest BCUT2D eigenvalue weighted by molar-refractivity contribution is -0.137. The lowest BCUT2D eigenvalue weighted by Gasteiger charge is -2.08. The van der Waals surface area contributed by atoms with Crippen molar-refractivity contribution in [2.75, 3.05) is 6.61 Å². The van der Waals surface area contributed by atoms with Gasteiger partial charge in [0, 0.05) is 10.5 Å². The minimum Gasteiger partial charge on any atom is -0.463 e. The fraction of sp³-hybridized carbons (Fsp3) is 0.400. The zero-order valence-corrected chi connectivity index (χ0v) is 12.1. The summed E-state index contributed by atoms with van der Waals surface area (Å²) in [5.41, 5.74) is 2.56. The lowest BCUT2D eigenvalue weighted by atomic mass is 9.97. The monoisotopic (exact) mass is 308 g/mol. The van der Waals surface area contributed by atoms with Crippen LogP contribution in [0.2, 0.25) is 0 Å². The third-order valence-electron chi connectivity index (χ3n) is 3.27. The molecule has 0 N–H and O–H groups in total. The van der Waals surface area contributed by atoms with Crippen LogP contribution in [0.25, 0.3) is 0 Å². The zero-order valence-electron chi connectivity index (χ0n) is 10.5. The van der Waals surface area contributed by atoms with Crippen LogP contribution in [0, 0.1) is 0 Å². The van der Waals surface area contributed by atoms with E-state index in [4.69, 9.17) is 4.74 Å². The molecule has 1 aromatic rings. The molecule has 0 heterocycles. The topological polar surface area (TPSA) is 26.3 Å². The van der Waals surface area contributed by atoms with Gasteiger partial charge < -0.3 is 4.74 Å². The highest BCUT2D eigenvalue weighted by Gasteiger charge is 2.21. The normalized spacial score (nSPS) is 21.2. The van der Waals surface area contributed by atoms with E-state index in [1.165, 1.54) is 11.1 Å². The van der Waals surface area contributed by atoms with Crippen molar-refractivity contribution in [1.82, 2.24) is 0 Å². The van der Waals surface area contributed by atoms with Crippen LogP contribution in [0.4, 0.5) is 0 Å². The molecule has 1 saturated carbocycles. The standard InChI is InChI=1S/C15H17BrO2/c1-2-18-15(17)10-11-3-4-13(9-11)12-5-7-14(16)8-6-12/h5-8,10,13H,2-4,9H2,1H3/b11-10+/t13-/m0/s1. The molecule has 0 aromatic heterocycles. The summed E-state index contributed by atoms with van der Waals surface area (Å²) in [5, 5.41) is 0. The molecule has 1 fully saturated rings. The third kappa shape index (κ3) is 3.45. The largest absolute Gasteiger partial charge is 0.463 e. The molecule has 0 amide bonds. The molecule has 96 valence electrons. The van der Waals surface area contributed by atoms with Crippen molar-refractivity contribution in [1.29, 1.82) is 0 Å². The number of hydrogen-bond acceptors (Lipinski definition) is 2. The van der Waals surface area contributed by atoms with Gasteiger partial charge >= 0.3 is 5.97 Å². The maximum absolute atomic E-state index is 11.4. The number of benzene rings is 1. The molecule has 1 atom stereocenters. The Morgan fingerprint density at radius 3 is 2.83 bits per heavy atom. The van der Waals surface area contributed by atoms with Crippen LogP contribution in [0.3, 0.4) is 0 Å². The Bertz CT molecular complexity index is 448. The molecule has 0 aliphatic heterocycles. The van der Waals surface area contributed by atoms with Gasteiger partial charge in [-0.3, -0.25) is 0 Å².